The van der Waals surface area contributed by atoms with E-state index in [1.54, 1.807) is 25.1 Å². The van der Waals surface area contributed by atoms with Crippen molar-refractivity contribution in [3.8, 4) is 0 Å². The SMILES string of the molecule is CC[S@](=O)c1ccccc1C(=O)O[C@@H](C)C(=O)Nc1ccc(F)c(Cl)c1. The van der Waals surface area contributed by atoms with Crippen LogP contribution in [0.2, 0.25) is 5.02 Å². The molecule has 8 heteroatoms. The third-order valence-electron chi connectivity index (χ3n) is 3.45. The van der Waals surface area contributed by atoms with Crippen molar-refractivity contribution in [2.45, 2.75) is 24.8 Å². The second kappa shape index (κ2) is 8.91. The van der Waals surface area contributed by atoms with Gasteiger partial charge in [-0.25, -0.2) is 9.18 Å². The Morgan fingerprint density at radius 2 is 1.96 bits per heavy atom. The van der Waals surface area contributed by atoms with Gasteiger partial charge in [-0.15, -0.1) is 0 Å². The molecule has 26 heavy (non-hydrogen) atoms. The highest BCUT2D eigenvalue weighted by Crippen LogP contribution is 2.20. The number of hydrogen-bond donors (Lipinski definition) is 1. The van der Waals surface area contributed by atoms with Gasteiger partial charge in [-0.1, -0.05) is 30.7 Å². The van der Waals surface area contributed by atoms with E-state index in [0.29, 0.717) is 10.6 Å². The van der Waals surface area contributed by atoms with Gasteiger partial charge in [-0.2, -0.15) is 0 Å². The summed E-state index contributed by atoms with van der Waals surface area (Å²) < 4.78 is 30.4. The fourth-order valence-corrected chi connectivity index (χ4v) is 3.20. The second-order valence-electron chi connectivity index (χ2n) is 5.30. The van der Waals surface area contributed by atoms with Crippen LogP contribution in [0.15, 0.2) is 47.4 Å². The molecule has 0 aliphatic carbocycles. The number of esters is 1. The van der Waals surface area contributed by atoms with Gasteiger partial charge in [-0.05, 0) is 37.3 Å². The lowest BCUT2D eigenvalue weighted by Crippen LogP contribution is -2.30. The van der Waals surface area contributed by atoms with Crippen LogP contribution in [0.3, 0.4) is 0 Å². The number of nitrogens with one attached hydrogen (secondary N) is 1. The number of ether oxygens (including phenoxy) is 1. The van der Waals surface area contributed by atoms with Gasteiger partial charge in [0.1, 0.15) is 5.82 Å². The monoisotopic (exact) mass is 397 g/mol. The highest BCUT2D eigenvalue weighted by atomic mass is 35.5. The van der Waals surface area contributed by atoms with Crippen molar-refractivity contribution in [2.24, 2.45) is 0 Å². The number of halogens is 2. The summed E-state index contributed by atoms with van der Waals surface area (Å²) >= 11 is 5.66. The van der Waals surface area contributed by atoms with Crippen LogP contribution in [0.25, 0.3) is 0 Å². The smallest absolute Gasteiger partial charge is 0.340 e. The van der Waals surface area contributed by atoms with E-state index < -0.39 is 34.6 Å². The maximum Gasteiger partial charge on any atom is 0.340 e. The summed E-state index contributed by atoms with van der Waals surface area (Å²) in [5.74, 6) is -1.60. The third-order valence-corrected chi connectivity index (χ3v) is 5.12. The molecule has 2 aromatic rings. The Hall–Kier alpha value is -2.25. The van der Waals surface area contributed by atoms with E-state index in [2.05, 4.69) is 5.32 Å². The molecule has 2 rings (SSSR count). The number of hydrogen-bond acceptors (Lipinski definition) is 4. The Morgan fingerprint density at radius 1 is 1.27 bits per heavy atom. The lowest BCUT2D eigenvalue weighted by Gasteiger charge is -2.15. The topological polar surface area (TPSA) is 72.5 Å². The molecule has 138 valence electrons. The van der Waals surface area contributed by atoms with Gasteiger partial charge in [0.2, 0.25) is 0 Å². The molecule has 0 fully saturated rings. The van der Waals surface area contributed by atoms with Crippen LogP contribution in [0.5, 0.6) is 0 Å². The molecule has 1 amide bonds. The molecule has 0 heterocycles. The van der Waals surface area contributed by atoms with E-state index in [9.17, 15) is 18.2 Å². The van der Waals surface area contributed by atoms with Crippen molar-refractivity contribution in [1.29, 1.82) is 0 Å². The predicted octanol–water partition coefficient (Wildman–Crippen LogP) is 3.79. The van der Waals surface area contributed by atoms with Crippen LogP contribution in [-0.4, -0.2) is 27.9 Å². The number of amides is 1. The largest absolute Gasteiger partial charge is 0.449 e. The normalized spacial score (nSPS) is 12.9. The van der Waals surface area contributed by atoms with Crippen molar-refractivity contribution in [3.05, 3.63) is 58.9 Å². The molecule has 0 aliphatic rings. The summed E-state index contributed by atoms with van der Waals surface area (Å²) in [6, 6.07) is 10.1. The van der Waals surface area contributed by atoms with Gasteiger partial charge in [0.05, 0.1) is 26.3 Å². The summed E-state index contributed by atoms with van der Waals surface area (Å²) in [5, 5.41) is 2.35. The van der Waals surface area contributed by atoms with E-state index in [1.807, 2.05) is 0 Å². The Balaban J connectivity index is 2.08. The molecule has 0 saturated carbocycles. The number of rotatable bonds is 6. The maximum atomic E-state index is 13.1. The number of anilines is 1. The van der Waals surface area contributed by atoms with Gasteiger partial charge in [0, 0.05) is 11.4 Å². The molecule has 2 atom stereocenters. The summed E-state index contributed by atoms with van der Waals surface area (Å²) in [4.78, 5) is 24.9. The van der Waals surface area contributed by atoms with Crippen molar-refractivity contribution < 1.29 is 22.9 Å². The zero-order valence-electron chi connectivity index (χ0n) is 14.1. The van der Waals surface area contributed by atoms with Crippen molar-refractivity contribution >= 4 is 40.0 Å². The molecule has 5 nitrogen and oxygen atoms in total. The molecule has 0 spiro atoms. The molecular weight excluding hydrogens is 381 g/mol. The summed E-state index contributed by atoms with van der Waals surface area (Å²) in [6.07, 6.45) is -1.12. The highest BCUT2D eigenvalue weighted by Gasteiger charge is 2.22. The quantitative estimate of drug-likeness (QED) is 0.753. The van der Waals surface area contributed by atoms with Crippen LogP contribution >= 0.6 is 11.6 Å². The van der Waals surface area contributed by atoms with E-state index in [1.165, 1.54) is 25.1 Å². The molecule has 0 saturated heterocycles. The minimum Gasteiger partial charge on any atom is -0.449 e. The first-order valence-electron chi connectivity index (χ1n) is 7.77. The zero-order chi connectivity index (χ0) is 19.3. The minimum atomic E-state index is -1.34. The number of benzene rings is 2. The summed E-state index contributed by atoms with van der Waals surface area (Å²) in [7, 11) is -1.34. The molecular formula is C18H17ClFNO4S. The van der Waals surface area contributed by atoms with E-state index in [0.717, 1.165) is 6.07 Å². The van der Waals surface area contributed by atoms with Crippen LogP contribution in [0.1, 0.15) is 24.2 Å². The van der Waals surface area contributed by atoms with Gasteiger partial charge in [0.25, 0.3) is 5.91 Å². The molecule has 0 aromatic heterocycles. The molecule has 0 unspecified atom stereocenters. The van der Waals surface area contributed by atoms with E-state index in [4.69, 9.17) is 16.3 Å². The van der Waals surface area contributed by atoms with Crippen molar-refractivity contribution in [1.82, 2.24) is 0 Å². The Labute approximate surface area is 158 Å². The fourth-order valence-electron chi connectivity index (χ4n) is 2.08. The lowest BCUT2D eigenvalue weighted by atomic mass is 10.2. The van der Waals surface area contributed by atoms with Gasteiger partial charge in [-0.3, -0.25) is 9.00 Å². The molecule has 0 radical (unpaired) electrons. The standard InChI is InChI=1S/C18H17ClFNO4S/c1-3-26(24)16-7-5-4-6-13(16)18(23)25-11(2)17(22)21-12-8-9-15(20)14(19)10-12/h4-11H,3H2,1-2H3,(H,21,22)/t11-,26-/m0/s1. The average molecular weight is 398 g/mol. The summed E-state index contributed by atoms with van der Waals surface area (Å²) in [5.41, 5.74) is 0.425. The minimum absolute atomic E-state index is 0.136. The van der Waals surface area contributed by atoms with Gasteiger partial charge in [0.15, 0.2) is 6.10 Å². The maximum absolute atomic E-state index is 13.1. The van der Waals surface area contributed by atoms with E-state index in [-0.39, 0.29) is 16.3 Å². The Morgan fingerprint density at radius 3 is 2.62 bits per heavy atom. The predicted molar refractivity (Wildman–Crippen MR) is 98.3 cm³/mol. The highest BCUT2D eigenvalue weighted by molar-refractivity contribution is 7.85. The molecule has 0 aliphatic heterocycles. The first-order chi connectivity index (χ1) is 12.3. The first-order valence-corrected chi connectivity index (χ1v) is 9.47. The van der Waals surface area contributed by atoms with Gasteiger partial charge < -0.3 is 10.1 Å². The van der Waals surface area contributed by atoms with Crippen LogP contribution in [-0.2, 0) is 20.3 Å². The first kappa shape index (κ1) is 20.1. The molecule has 1 N–H and O–H groups in total. The number of carbonyl (C=O) groups is 2. The number of carbonyl (C=O) groups excluding carboxylic acids is 2. The molecule has 0 bridgehead atoms. The Bertz CT molecular complexity index is 859. The van der Waals surface area contributed by atoms with Crippen LogP contribution in [0, 0.1) is 5.82 Å². The lowest BCUT2D eigenvalue weighted by molar-refractivity contribution is -0.123. The van der Waals surface area contributed by atoms with Crippen LogP contribution in [0.4, 0.5) is 10.1 Å². The van der Waals surface area contributed by atoms with Gasteiger partial charge >= 0.3 is 5.97 Å². The van der Waals surface area contributed by atoms with Crippen molar-refractivity contribution in [2.75, 3.05) is 11.1 Å². The summed E-state index contributed by atoms with van der Waals surface area (Å²) in [6.45, 7) is 3.14. The van der Waals surface area contributed by atoms with Crippen LogP contribution < -0.4 is 5.32 Å². The fraction of sp³-hybridized carbons (Fsp3) is 0.222. The average Bonchev–Trinajstić information content (AvgIpc) is 2.63. The molecule has 2 aromatic carbocycles. The third kappa shape index (κ3) is 4.89. The Kier molecular flexibility index (Phi) is 6.88. The zero-order valence-corrected chi connectivity index (χ0v) is 15.7. The van der Waals surface area contributed by atoms with E-state index >= 15 is 0 Å². The van der Waals surface area contributed by atoms with Crippen molar-refractivity contribution in [3.63, 3.8) is 0 Å². The second-order valence-corrected chi connectivity index (χ2v) is 7.41.